The van der Waals surface area contributed by atoms with Gasteiger partial charge in [0.1, 0.15) is 23.8 Å². The normalized spacial score (nSPS) is 24.0. The molecule has 18 heteroatoms. The van der Waals surface area contributed by atoms with E-state index in [0.29, 0.717) is 6.42 Å². The number of rotatable bonds is 13. The summed E-state index contributed by atoms with van der Waals surface area (Å²) in [6.07, 6.45) is 5.57. The number of ether oxygens (including phenoxy) is 1. The molecule has 1 aromatic carbocycles. The van der Waals surface area contributed by atoms with Gasteiger partial charge in [0.15, 0.2) is 5.96 Å². The number of methoxy groups -OCH3 is 1. The summed E-state index contributed by atoms with van der Waals surface area (Å²) in [5.41, 5.74) is 12.5. The van der Waals surface area contributed by atoms with Crippen LogP contribution in [0, 0.1) is 11.8 Å². The molecule has 318 valence electrons. The van der Waals surface area contributed by atoms with Crippen LogP contribution in [-0.2, 0) is 44.7 Å². The molecule has 0 bridgehead atoms. The molecule has 10 N–H and O–H groups in total. The summed E-state index contributed by atoms with van der Waals surface area (Å²) in [5, 5.41) is 29.9. The average Bonchev–Trinajstić information content (AvgIpc) is 3.17. The van der Waals surface area contributed by atoms with Crippen LogP contribution in [0.5, 0.6) is 0 Å². The lowest BCUT2D eigenvalue weighted by molar-refractivity contribution is -0.143. The van der Waals surface area contributed by atoms with E-state index < -0.39 is 84.4 Å². The van der Waals surface area contributed by atoms with Gasteiger partial charge >= 0.3 is 11.9 Å². The van der Waals surface area contributed by atoms with Crippen LogP contribution in [0.15, 0.2) is 70.9 Å². The second-order valence-electron chi connectivity index (χ2n) is 14.1. The van der Waals surface area contributed by atoms with Gasteiger partial charge in [0, 0.05) is 33.0 Å². The minimum atomic E-state index is -1.77. The molecule has 0 saturated carbocycles. The molecule has 1 heterocycles. The van der Waals surface area contributed by atoms with Crippen molar-refractivity contribution in [3.05, 3.63) is 71.5 Å². The van der Waals surface area contributed by atoms with Crippen LogP contribution in [0.2, 0.25) is 0 Å². The zero-order valence-corrected chi connectivity index (χ0v) is 33.9. The number of aliphatic imine (C=N–C) groups is 1. The highest BCUT2D eigenvalue weighted by Crippen LogP contribution is 2.18. The zero-order chi connectivity index (χ0) is 43.5. The first-order valence-corrected chi connectivity index (χ1v) is 19.0. The van der Waals surface area contributed by atoms with E-state index in [0.717, 1.165) is 16.0 Å². The predicted octanol–water partition coefficient (Wildman–Crippen LogP) is 0.727. The summed E-state index contributed by atoms with van der Waals surface area (Å²) < 4.78 is 5.78. The van der Waals surface area contributed by atoms with E-state index in [1.165, 1.54) is 27.0 Å². The van der Waals surface area contributed by atoms with E-state index in [2.05, 4.69) is 26.3 Å². The number of carbonyl (C=O) groups is 7. The highest BCUT2D eigenvalue weighted by Gasteiger charge is 2.33. The van der Waals surface area contributed by atoms with Crippen molar-refractivity contribution < 1.29 is 48.5 Å². The van der Waals surface area contributed by atoms with Crippen LogP contribution in [-0.4, -0.2) is 114 Å². The molecule has 1 aliphatic rings. The molecule has 1 aliphatic heterocycles. The number of carboxylic acid groups (broad SMARTS) is 2. The summed E-state index contributed by atoms with van der Waals surface area (Å²) in [5.74, 6) is -8.45. The zero-order valence-electron chi connectivity index (χ0n) is 33.9. The van der Waals surface area contributed by atoms with Crippen LogP contribution in [0.3, 0.4) is 0 Å². The molecule has 58 heavy (non-hydrogen) atoms. The number of amides is 5. The number of nitrogens with one attached hydrogen (secondary N) is 4. The molecular formula is C40H58N8O10. The van der Waals surface area contributed by atoms with Crippen molar-refractivity contribution in [3.8, 4) is 0 Å². The molecule has 0 aromatic heterocycles. The number of carbonyl (C=O) groups excluding carboxylic acids is 5. The largest absolute Gasteiger partial charge is 0.480 e. The lowest BCUT2D eigenvalue weighted by Crippen LogP contribution is -2.54. The minimum Gasteiger partial charge on any atom is -0.480 e. The Labute approximate surface area is 338 Å². The fraction of sp³-hybridized carbons (Fsp3) is 0.500. The third-order valence-corrected chi connectivity index (χ3v) is 9.62. The van der Waals surface area contributed by atoms with E-state index in [9.17, 15) is 43.8 Å². The van der Waals surface area contributed by atoms with Crippen molar-refractivity contribution in [3.63, 3.8) is 0 Å². The molecule has 5 amide bonds. The quantitative estimate of drug-likeness (QED) is 0.0450. The van der Waals surface area contributed by atoms with Crippen LogP contribution in [0.4, 0.5) is 0 Å². The van der Waals surface area contributed by atoms with Gasteiger partial charge < -0.3 is 52.6 Å². The summed E-state index contributed by atoms with van der Waals surface area (Å²) >= 11 is 0. The number of benzene rings is 1. The fourth-order valence-electron chi connectivity index (χ4n) is 6.18. The molecular weight excluding hydrogens is 752 g/mol. The van der Waals surface area contributed by atoms with E-state index in [4.69, 9.17) is 16.2 Å². The Balaban J connectivity index is 2.59. The predicted molar refractivity (Wildman–Crippen MR) is 215 cm³/mol. The first-order chi connectivity index (χ1) is 27.4. The Morgan fingerprint density at radius 3 is 2.24 bits per heavy atom. The Kier molecular flexibility index (Phi) is 19.8. The molecule has 7 atom stereocenters. The van der Waals surface area contributed by atoms with E-state index in [1.807, 2.05) is 50.3 Å². The maximum absolute atomic E-state index is 14.0. The van der Waals surface area contributed by atoms with Crippen LogP contribution >= 0.6 is 0 Å². The van der Waals surface area contributed by atoms with Crippen molar-refractivity contribution >= 4 is 47.4 Å². The van der Waals surface area contributed by atoms with Crippen LogP contribution < -0.4 is 32.7 Å². The Morgan fingerprint density at radius 2 is 1.66 bits per heavy atom. The molecule has 1 saturated heterocycles. The smallest absolute Gasteiger partial charge is 0.326 e. The van der Waals surface area contributed by atoms with E-state index in [-0.39, 0.29) is 49.5 Å². The first kappa shape index (κ1) is 48.1. The third-order valence-electron chi connectivity index (χ3n) is 9.62. The number of guanidine groups is 1. The van der Waals surface area contributed by atoms with E-state index >= 15 is 0 Å². The van der Waals surface area contributed by atoms with Gasteiger partial charge in [-0.05, 0) is 45.1 Å². The van der Waals surface area contributed by atoms with Gasteiger partial charge in [-0.25, -0.2) is 9.59 Å². The maximum Gasteiger partial charge on any atom is 0.326 e. The van der Waals surface area contributed by atoms with Crippen molar-refractivity contribution in [1.29, 1.82) is 0 Å². The second-order valence-corrected chi connectivity index (χ2v) is 14.1. The fourth-order valence-corrected chi connectivity index (χ4v) is 6.18. The standard InChI is InChI=1S/C40H58N8O10/c1-7-31-37(53)47-30(39(56)57)22-33(49)44-28(14-11-19-43-40(41)42)36(52)45-27(25(4)35(51)46-29(38(54)55)17-18-34(50)48(31)5)16-15-23(2)20-24(3)32(58-6)21-26-12-9-8-10-13-26/h7-10,12-13,15-16,20,24-25,27-30,32H,11,14,17-19,21-22H2,1-6H3,(H,44,49)(H,45,52)(H,46,51)(H,47,53)(H,54,55)(H,56,57)(H4,41,42,43)/t24-,25-,27-,28-,29+,30+,32-/m0/s1. The van der Waals surface area contributed by atoms with Gasteiger partial charge in [-0.3, -0.25) is 29.0 Å². The summed E-state index contributed by atoms with van der Waals surface area (Å²) in [6, 6.07) is 4.18. The molecule has 1 aromatic rings. The van der Waals surface area contributed by atoms with Crippen molar-refractivity contribution in [2.45, 2.75) is 96.5 Å². The third kappa shape index (κ3) is 15.8. The summed E-state index contributed by atoms with van der Waals surface area (Å²) in [6.45, 7) is 6.81. The van der Waals surface area contributed by atoms with Crippen molar-refractivity contribution in [2.75, 3.05) is 20.7 Å². The van der Waals surface area contributed by atoms with Gasteiger partial charge in [-0.2, -0.15) is 0 Å². The first-order valence-electron chi connectivity index (χ1n) is 19.0. The van der Waals surface area contributed by atoms with Crippen molar-refractivity contribution in [2.24, 2.45) is 28.3 Å². The maximum atomic E-state index is 14.0. The number of carboxylic acids is 2. The Hall–Kier alpha value is -6.04. The topological polar surface area (TPSA) is 285 Å². The monoisotopic (exact) mass is 810 g/mol. The van der Waals surface area contributed by atoms with Crippen molar-refractivity contribution in [1.82, 2.24) is 26.2 Å². The highest BCUT2D eigenvalue weighted by atomic mass is 16.5. The number of allylic oxidation sites excluding steroid dienone is 3. The molecule has 0 radical (unpaired) electrons. The second kappa shape index (κ2) is 23.9. The SMILES string of the molecule is CC=C1C(=O)N[C@@H](C(=O)O)CC(=O)N[C@@H](CCCN=C(N)N)C(=O)N[C@@H](C=CC(C)=C[C@H](C)[C@H](Cc2ccccc2)OC)[C@H](C)C(=O)N[C@@H](C(=O)O)CCC(=O)N1C. The van der Waals surface area contributed by atoms with Gasteiger partial charge in [-0.1, -0.05) is 74.1 Å². The number of nitrogens with zero attached hydrogens (tertiary/aromatic N) is 2. The summed E-state index contributed by atoms with van der Waals surface area (Å²) in [7, 11) is 2.88. The van der Waals surface area contributed by atoms with Gasteiger partial charge in [0.25, 0.3) is 5.91 Å². The van der Waals surface area contributed by atoms with E-state index in [1.54, 1.807) is 19.3 Å². The van der Waals surface area contributed by atoms with Gasteiger partial charge in [0.05, 0.1) is 24.5 Å². The number of likely N-dealkylation sites (N-methyl/N-ethyl adjacent to an activating group) is 1. The molecule has 18 nitrogen and oxygen atoms in total. The van der Waals surface area contributed by atoms with Crippen LogP contribution in [0.1, 0.15) is 65.4 Å². The highest BCUT2D eigenvalue weighted by molar-refractivity contribution is 6.00. The average molecular weight is 811 g/mol. The Morgan fingerprint density at radius 1 is 1.00 bits per heavy atom. The lowest BCUT2D eigenvalue weighted by atomic mass is 9.94. The molecule has 1 fully saturated rings. The lowest BCUT2D eigenvalue weighted by Gasteiger charge is -2.27. The van der Waals surface area contributed by atoms with Gasteiger partial charge in [-0.15, -0.1) is 0 Å². The minimum absolute atomic E-state index is 0.0254. The molecule has 0 spiro atoms. The number of nitrogens with two attached hydrogens (primary N) is 2. The summed E-state index contributed by atoms with van der Waals surface area (Å²) in [4.78, 5) is 96.5. The molecule has 2 rings (SSSR count). The Bertz CT molecular complexity index is 1740. The van der Waals surface area contributed by atoms with Crippen LogP contribution in [0.25, 0.3) is 0 Å². The van der Waals surface area contributed by atoms with Gasteiger partial charge in [0.2, 0.25) is 23.6 Å². The number of aliphatic carboxylic acids is 2. The molecule has 0 aliphatic carbocycles. The molecule has 0 unspecified atom stereocenters. The number of hydrogen-bond acceptors (Lipinski definition) is 9. The number of hydrogen-bond donors (Lipinski definition) is 8.